The number of likely N-dealkylation sites (tertiary alicyclic amines) is 1. The van der Waals surface area contributed by atoms with E-state index in [0.717, 1.165) is 55.5 Å². The van der Waals surface area contributed by atoms with E-state index < -0.39 is 0 Å². The quantitative estimate of drug-likeness (QED) is 0.514. The number of nitrogens with zero attached hydrogens (tertiary/aromatic N) is 2. The van der Waals surface area contributed by atoms with Crippen molar-refractivity contribution >= 4 is 5.96 Å². The third kappa shape index (κ3) is 6.35. The maximum Gasteiger partial charge on any atom is 0.191 e. The molecule has 2 aromatic rings. The predicted octanol–water partition coefficient (Wildman–Crippen LogP) is 2.82. The van der Waals surface area contributed by atoms with Crippen LogP contribution in [0.3, 0.4) is 0 Å². The van der Waals surface area contributed by atoms with Crippen LogP contribution in [0.25, 0.3) is 0 Å². The molecule has 0 spiro atoms. The zero-order chi connectivity index (χ0) is 21.3. The number of hydrogen-bond donors (Lipinski definition) is 2. The molecule has 1 atom stereocenters. The number of rotatable bonds is 8. The van der Waals surface area contributed by atoms with Crippen LogP contribution in [0, 0.1) is 5.82 Å². The van der Waals surface area contributed by atoms with Crippen molar-refractivity contribution in [3.05, 3.63) is 59.4 Å². The summed E-state index contributed by atoms with van der Waals surface area (Å²) in [4.78, 5) is 6.73. The zero-order valence-corrected chi connectivity index (χ0v) is 18.0. The van der Waals surface area contributed by atoms with Gasteiger partial charge in [-0.05, 0) is 48.2 Å². The van der Waals surface area contributed by atoms with Crippen molar-refractivity contribution < 1.29 is 13.9 Å². The smallest absolute Gasteiger partial charge is 0.191 e. The number of halogens is 1. The Labute approximate surface area is 178 Å². The molecule has 1 aliphatic heterocycles. The summed E-state index contributed by atoms with van der Waals surface area (Å²) in [6.45, 7) is 3.49. The molecule has 1 saturated heterocycles. The number of guanidine groups is 1. The van der Waals surface area contributed by atoms with Gasteiger partial charge in [-0.2, -0.15) is 0 Å². The van der Waals surface area contributed by atoms with E-state index in [-0.39, 0.29) is 5.82 Å². The Morgan fingerprint density at radius 2 is 1.90 bits per heavy atom. The summed E-state index contributed by atoms with van der Waals surface area (Å²) < 4.78 is 24.0. The molecule has 162 valence electrons. The van der Waals surface area contributed by atoms with Gasteiger partial charge in [-0.15, -0.1) is 0 Å². The third-order valence-corrected chi connectivity index (χ3v) is 5.25. The van der Waals surface area contributed by atoms with Gasteiger partial charge in [0.05, 0.1) is 14.2 Å². The SMILES string of the molecule is CN=C(NCCc1cccc(F)c1)NC1CCN(Cc2cc(OC)cc(OC)c2)C1. The van der Waals surface area contributed by atoms with E-state index in [0.29, 0.717) is 12.6 Å². The largest absolute Gasteiger partial charge is 0.497 e. The minimum absolute atomic E-state index is 0.199. The highest BCUT2D eigenvalue weighted by Gasteiger charge is 2.23. The highest BCUT2D eigenvalue weighted by Crippen LogP contribution is 2.24. The first-order valence-electron chi connectivity index (χ1n) is 10.3. The lowest BCUT2D eigenvalue weighted by Crippen LogP contribution is -2.45. The third-order valence-electron chi connectivity index (χ3n) is 5.25. The molecule has 30 heavy (non-hydrogen) atoms. The predicted molar refractivity (Wildman–Crippen MR) is 118 cm³/mol. The number of methoxy groups -OCH3 is 2. The number of nitrogens with one attached hydrogen (secondary N) is 2. The summed E-state index contributed by atoms with van der Waals surface area (Å²) in [5.41, 5.74) is 2.14. The van der Waals surface area contributed by atoms with E-state index >= 15 is 0 Å². The van der Waals surface area contributed by atoms with Crippen molar-refractivity contribution in [3.8, 4) is 11.5 Å². The molecule has 0 bridgehead atoms. The van der Waals surface area contributed by atoms with Crippen LogP contribution < -0.4 is 20.1 Å². The second-order valence-electron chi connectivity index (χ2n) is 7.46. The molecule has 0 aromatic heterocycles. The normalized spacial score (nSPS) is 17.1. The van der Waals surface area contributed by atoms with Gasteiger partial charge in [-0.25, -0.2) is 4.39 Å². The second-order valence-corrected chi connectivity index (χ2v) is 7.46. The molecule has 0 saturated carbocycles. The van der Waals surface area contributed by atoms with Crippen LogP contribution in [0.2, 0.25) is 0 Å². The highest BCUT2D eigenvalue weighted by atomic mass is 19.1. The van der Waals surface area contributed by atoms with Crippen molar-refractivity contribution in [2.45, 2.75) is 25.4 Å². The van der Waals surface area contributed by atoms with Gasteiger partial charge < -0.3 is 20.1 Å². The summed E-state index contributed by atoms with van der Waals surface area (Å²) in [5.74, 6) is 2.19. The molecular weight excluding hydrogens is 383 g/mol. The Bertz CT molecular complexity index is 837. The first-order valence-corrected chi connectivity index (χ1v) is 10.3. The van der Waals surface area contributed by atoms with Crippen molar-refractivity contribution in [2.24, 2.45) is 4.99 Å². The van der Waals surface area contributed by atoms with Gasteiger partial charge in [-0.1, -0.05) is 12.1 Å². The Hall–Kier alpha value is -2.80. The fourth-order valence-electron chi connectivity index (χ4n) is 3.72. The molecule has 6 nitrogen and oxygen atoms in total. The molecule has 0 radical (unpaired) electrons. The lowest BCUT2D eigenvalue weighted by molar-refractivity contribution is 0.321. The summed E-state index contributed by atoms with van der Waals surface area (Å²) in [5, 5.41) is 6.82. The van der Waals surface area contributed by atoms with Gasteiger partial charge in [0.2, 0.25) is 0 Å². The van der Waals surface area contributed by atoms with Gasteiger partial charge in [-0.3, -0.25) is 9.89 Å². The van der Waals surface area contributed by atoms with E-state index in [1.807, 2.05) is 12.1 Å². The van der Waals surface area contributed by atoms with Crippen LogP contribution in [0.1, 0.15) is 17.5 Å². The Kier molecular flexibility index (Phi) is 7.90. The van der Waals surface area contributed by atoms with Gasteiger partial charge >= 0.3 is 0 Å². The summed E-state index contributed by atoms with van der Waals surface area (Å²) in [7, 11) is 5.11. The Morgan fingerprint density at radius 3 is 2.57 bits per heavy atom. The molecule has 0 aliphatic carbocycles. The number of aliphatic imine (C=N–C) groups is 1. The maximum atomic E-state index is 13.3. The average molecular weight is 415 g/mol. The molecule has 3 rings (SSSR count). The van der Waals surface area contributed by atoms with E-state index in [4.69, 9.17) is 9.47 Å². The Morgan fingerprint density at radius 1 is 1.13 bits per heavy atom. The molecule has 1 aliphatic rings. The van der Waals surface area contributed by atoms with Crippen molar-refractivity contribution in [3.63, 3.8) is 0 Å². The summed E-state index contributed by atoms with van der Waals surface area (Å²) in [6, 6.07) is 13.0. The van der Waals surface area contributed by atoms with Gasteiger partial charge in [0.15, 0.2) is 5.96 Å². The van der Waals surface area contributed by atoms with E-state index in [2.05, 4.69) is 32.7 Å². The second kappa shape index (κ2) is 10.8. The number of hydrogen-bond acceptors (Lipinski definition) is 4. The molecule has 1 unspecified atom stereocenters. The molecule has 7 heteroatoms. The van der Waals surface area contributed by atoms with Crippen molar-refractivity contribution in [2.75, 3.05) is 40.9 Å². The van der Waals surface area contributed by atoms with Crippen LogP contribution >= 0.6 is 0 Å². The molecule has 2 aromatic carbocycles. The van der Waals surface area contributed by atoms with Crippen LogP contribution in [-0.2, 0) is 13.0 Å². The van der Waals surface area contributed by atoms with Gasteiger partial charge in [0.1, 0.15) is 17.3 Å². The van der Waals surface area contributed by atoms with Gasteiger partial charge in [0.25, 0.3) is 0 Å². The zero-order valence-electron chi connectivity index (χ0n) is 18.0. The summed E-state index contributed by atoms with van der Waals surface area (Å²) in [6.07, 6.45) is 1.79. The number of benzene rings is 2. The first-order chi connectivity index (χ1) is 14.6. The fraction of sp³-hybridized carbons (Fsp3) is 0.435. The molecule has 1 heterocycles. The van der Waals surface area contributed by atoms with E-state index in [1.54, 1.807) is 33.4 Å². The molecule has 2 N–H and O–H groups in total. The average Bonchev–Trinajstić information content (AvgIpc) is 3.19. The lowest BCUT2D eigenvalue weighted by atomic mass is 10.1. The first kappa shape index (κ1) is 21.9. The van der Waals surface area contributed by atoms with Gasteiger partial charge in [0, 0.05) is 45.3 Å². The van der Waals surface area contributed by atoms with Crippen molar-refractivity contribution in [1.82, 2.24) is 15.5 Å². The van der Waals surface area contributed by atoms with Crippen LogP contribution in [0.5, 0.6) is 11.5 Å². The minimum Gasteiger partial charge on any atom is -0.497 e. The van der Waals surface area contributed by atoms with Crippen LogP contribution in [0.4, 0.5) is 4.39 Å². The topological polar surface area (TPSA) is 58.1 Å². The molecular formula is C23H31FN4O2. The van der Waals surface area contributed by atoms with Crippen molar-refractivity contribution in [1.29, 1.82) is 0 Å². The summed E-state index contributed by atoms with van der Waals surface area (Å²) >= 11 is 0. The standard InChI is InChI=1S/C23H31FN4O2/c1-25-23(26-9-7-17-5-4-6-19(24)11-17)27-20-8-10-28(16-20)15-18-12-21(29-2)14-22(13-18)30-3/h4-6,11-14,20H,7-10,15-16H2,1-3H3,(H2,25,26,27). The fourth-order valence-corrected chi connectivity index (χ4v) is 3.72. The van der Waals surface area contributed by atoms with Crippen LogP contribution in [-0.4, -0.2) is 57.8 Å². The number of ether oxygens (including phenoxy) is 2. The molecule has 0 amide bonds. The Balaban J connectivity index is 1.46. The van der Waals surface area contributed by atoms with E-state index in [1.165, 1.54) is 11.6 Å². The highest BCUT2D eigenvalue weighted by molar-refractivity contribution is 5.80. The van der Waals surface area contributed by atoms with Crippen LogP contribution in [0.15, 0.2) is 47.5 Å². The molecule has 1 fully saturated rings. The maximum absolute atomic E-state index is 13.3. The lowest BCUT2D eigenvalue weighted by Gasteiger charge is -2.19. The van der Waals surface area contributed by atoms with E-state index in [9.17, 15) is 4.39 Å². The monoisotopic (exact) mass is 414 g/mol. The minimum atomic E-state index is -0.199.